The molecule has 0 atom stereocenters. The molecule has 0 aliphatic rings. The minimum atomic E-state index is -0.365. The summed E-state index contributed by atoms with van der Waals surface area (Å²) >= 11 is 0. The Balaban J connectivity index is 1.52. The zero-order chi connectivity index (χ0) is 19.8. The highest BCUT2D eigenvalue weighted by Gasteiger charge is 2.03. The quantitative estimate of drug-likeness (QED) is 0.511. The lowest BCUT2D eigenvalue weighted by atomic mass is 10.1. The van der Waals surface area contributed by atoms with Crippen molar-refractivity contribution in [2.45, 2.75) is 6.61 Å². The van der Waals surface area contributed by atoms with E-state index in [0.29, 0.717) is 23.5 Å². The summed E-state index contributed by atoms with van der Waals surface area (Å²) in [6.45, 7) is 0.367. The second-order valence-electron chi connectivity index (χ2n) is 5.92. The molecule has 0 heterocycles. The number of aromatic hydroxyl groups is 1. The van der Waals surface area contributed by atoms with Gasteiger partial charge in [-0.25, -0.2) is 5.43 Å². The van der Waals surface area contributed by atoms with Crippen LogP contribution in [0.1, 0.15) is 27.0 Å². The van der Waals surface area contributed by atoms with E-state index in [-0.39, 0.29) is 11.7 Å². The molecule has 0 saturated carbocycles. The largest absolute Gasteiger partial charge is 0.508 e. The number of phenols is 1. The first-order valence-electron chi connectivity index (χ1n) is 8.48. The van der Waals surface area contributed by atoms with E-state index in [4.69, 9.17) is 10.00 Å². The van der Waals surface area contributed by atoms with Gasteiger partial charge in [-0.15, -0.1) is 0 Å². The van der Waals surface area contributed by atoms with Gasteiger partial charge in [0.05, 0.1) is 17.8 Å². The van der Waals surface area contributed by atoms with E-state index >= 15 is 0 Å². The molecule has 0 bridgehead atoms. The molecule has 28 heavy (non-hydrogen) atoms. The maximum Gasteiger partial charge on any atom is 0.271 e. The van der Waals surface area contributed by atoms with Crippen molar-refractivity contribution in [3.8, 4) is 17.6 Å². The Morgan fingerprint density at radius 1 is 1.11 bits per heavy atom. The number of nitriles is 1. The third kappa shape index (κ3) is 5.19. The summed E-state index contributed by atoms with van der Waals surface area (Å²) in [5.74, 6) is 0.420. The van der Waals surface area contributed by atoms with Crippen LogP contribution in [0.25, 0.3) is 0 Å². The Morgan fingerprint density at radius 2 is 1.86 bits per heavy atom. The Labute approximate surface area is 162 Å². The number of hydrazone groups is 1. The van der Waals surface area contributed by atoms with Gasteiger partial charge >= 0.3 is 0 Å². The molecule has 3 aromatic carbocycles. The Kier molecular flexibility index (Phi) is 6.01. The lowest BCUT2D eigenvalue weighted by molar-refractivity contribution is 0.0955. The molecule has 1 amide bonds. The van der Waals surface area contributed by atoms with Gasteiger partial charge < -0.3 is 9.84 Å². The number of carbonyl (C=O) groups is 1. The van der Waals surface area contributed by atoms with Crippen LogP contribution in [0.3, 0.4) is 0 Å². The normalized spacial score (nSPS) is 10.4. The third-order valence-electron chi connectivity index (χ3n) is 3.85. The van der Waals surface area contributed by atoms with Gasteiger partial charge in [0.2, 0.25) is 0 Å². The molecule has 0 aliphatic heterocycles. The fourth-order valence-electron chi connectivity index (χ4n) is 2.39. The minimum absolute atomic E-state index is 0.0973. The van der Waals surface area contributed by atoms with E-state index < -0.39 is 0 Å². The summed E-state index contributed by atoms with van der Waals surface area (Å²) < 4.78 is 5.71. The predicted molar refractivity (Wildman–Crippen MR) is 105 cm³/mol. The average molecular weight is 371 g/mol. The number of hydrogen-bond donors (Lipinski definition) is 2. The van der Waals surface area contributed by atoms with Crippen molar-refractivity contribution in [1.82, 2.24) is 5.43 Å². The summed E-state index contributed by atoms with van der Waals surface area (Å²) in [5, 5.41) is 22.1. The van der Waals surface area contributed by atoms with Crippen molar-refractivity contribution in [3.05, 3.63) is 95.1 Å². The highest BCUT2D eigenvalue weighted by Crippen LogP contribution is 2.14. The van der Waals surface area contributed by atoms with E-state index in [1.54, 1.807) is 24.3 Å². The van der Waals surface area contributed by atoms with E-state index in [0.717, 1.165) is 11.1 Å². The number of benzene rings is 3. The van der Waals surface area contributed by atoms with E-state index in [1.807, 2.05) is 24.3 Å². The fourth-order valence-corrected chi connectivity index (χ4v) is 2.39. The van der Waals surface area contributed by atoms with Crippen LogP contribution in [0.4, 0.5) is 0 Å². The van der Waals surface area contributed by atoms with Crippen LogP contribution in [0.2, 0.25) is 0 Å². The summed E-state index contributed by atoms with van der Waals surface area (Å²) in [5.41, 5.74) is 5.15. The number of ether oxygens (including phenoxy) is 1. The van der Waals surface area contributed by atoms with Crippen LogP contribution in [-0.2, 0) is 6.61 Å². The lowest BCUT2D eigenvalue weighted by Gasteiger charge is -2.06. The van der Waals surface area contributed by atoms with Gasteiger partial charge in [0.15, 0.2) is 0 Å². The van der Waals surface area contributed by atoms with E-state index in [1.165, 1.54) is 30.5 Å². The highest BCUT2D eigenvalue weighted by atomic mass is 16.5. The molecule has 0 saturated heterocycles. The third-order valence-corrected chi connectivity index (χ3v) is 3.85. The first-order chi connectivity index (χ1) is 13.6. The second-order valence-corrected chi connectivity index (χ2v) is 5.92. The van der Waals surface area contributed by atoms with Crippen LogP contribution < -0.4 is 10.2 Å². The molecule has 0 aromatic heterocycles. The number of amides is 1. The zero-order valence-corrected chi connectivity index (χ0v) is 14.9. The number of rotatable bonds is 6. The van der Waals surface area contributed by atoms with E-state index in [9.17, 15) is 9.90 Å². The summed E-state index contributed by atoms with van der Waals surface area (Å²) in [4.78, 5) is 11.9. The van der Waals surface area contributed by atoms with Crippen LogP contribution >= 0.6 is 0 Å². The van der Waals surface area contributed by atoms with Crippen molar-refractivity contribution < 1.29 is 14.6 Å². The Bertz CT molecular complexity index is 1020. The summed E-state index contributed by atoms with van der Waals surface area (Å²) in [6, 6.07) is 22.5. The standard InChI is InChI=1S/C22H17N3O3/c23-13-17-2-1-3-18(12-17)15-28-21-10-4-16(5-11-21)14-24-25-22(27)19-6-8-20(26)9-7-19/h1-12,14,26H,15H2,(H,25,27)/b24-14+. The van der Waals surface area contributed by atoms with Crippen LogP contribution in [0, 0.1) is 11.3 Å². The van der Waals surface area contributed by atoms with Crippen LogP contribution in [0.15, 0.2) is 77.9 Å². The molecule has 3 aromatic rings. The summed E-state index contributed by atoms with van der Waals surface area (Å²) in [6.07, 6.45) is 1.53. The number of carbonyl (C=O) groups excluding carboxylic acids is 1. The maximum atomic E-state index is 11.9. The van der Waals surface area contributed by atoms with Gasteiger partial charge in [0.25, 0.3) is 5.91 Å². The van der Waals surface area contributed by atoms with Gasteiger partial charge in [-0.05, 0) is 71.8 Å². The van der Waals surface area contributed by atoms with Gasteiger partial charge in [-0.1, -0.05) is 12.1 Å². The second kappa shape index (κ2) is 9.01. The average Bonchev–Trinajstić information content (AvgIpc) is 2.73. The molecule has 138 valence electrons. The van der Waals surface area contributed by atoms with Gasteiger partial charge in [0.1, 0.15) is 18.1 Å². The van der Waals surface area contributed by atoms with Crippen molar-refractivity contribution in [2.75, 3.05) is 0 Å². The molecule has 0 aliphatic carbocycles. The summed E-state index contributed by atoms with van der Waals surface area (Å²) in [7, 11) is 0. The zero-order valence-electron chi connectivity index (χ0n) is 14.9. The van der Waals surface area contributed by atoms with Gasteiger partial charge in [-0.2, -0.15) is 10.4 Å². The van der Waals surface area contributed by atoms with Gasteiger partial charge in [0, 0.05) is 5.56 Å². The SMILES string of the molecule is N#Cc1cccc(COc2ccc(/C=N/NC(=O)c3ccc(O)cc3)cc2)c1. The molecule has 0 radical (unpaired) electrons. The van der Waals surface area contributed by atoms with Crippen LogP contribution in [-0.4, -0.2) is 17.2 Å². The fraction of sp³-hybridized carbons (Fsp3) is 0.0455. The molecule has 6 nitrogen and oxygen atoms in total. The lowest BCUT2D eigenvalue weighted by Crippen LogP contribution is -2.17. The molecule has 6 heteroatoms. The maximum absolute atomic E-state index is 11.9. The minimum Gasteiger partial charge on any atom is -0.508 e. The topological polar surface area (TPSA) is 94.7 Å². The first-order valence-corrected chi connectivity index (χ1v) is 8.48. The highest BCUT2D eigenvalue weighted by molar-refractivity contribution is 5.94. The Morgan fingerprint density at radius 3 is 2.57 bits per heavy atom. The molecular formula is C22H17N3O3. The van der Waals surface area contributed by atoms with E-state index in [2.05, 4.69) is 16.6 Å². The van der Waals surface area contributed by atoms with Crippen molar-refractivity contribution in [2.24, 2.45) is 5.10 Å². The van der Waals surface area contributed by atoms with Crippen molar-refractivity contribution in [1.29, 1.82) is 5.26 Å². The molecular weight excluding hydrogens is 354 g/mol. The first kappa shape index (κ1) is 18.7. The smallest absolute Gasteiger partial charge is 0.271 e. The van der Waals surface area contributed by atoms with Crippen LogP contribution in [0.5, 0.6) is 11.5 Å². The molecule has 3 rings (SSSR count). The molecule has 0 unspecified atom stereocenters. The molecule has 0 spiro atoms. The monoisotopic (exact) mass is 371 g/mol. The predicted octanol–water partition coefficient (Wildman–Crippen LogP) is 3.61. The molecule has 0 fully saturated rings. The Hall–Kier alpha value is -4.11. The molecule has 2 N–H and O–H groups in total. The van der Waals surface area contributed by atoms with Crippen molar-refractivity contribution in [3.63, 3.8) is 0 Å². The number of nitrogens with one attached hydrogen (secondary N) is 1. The number of nitrogens with zero attached hydrogens (tertiary/aromatic N) is 2. The number of phenolic OH excluding ortho intramolecular Hbond substituents is 1. The van der Waals surface area contributed by atoms with Gasteiger partial charge in [-0.3, -0.25) is 4.79 Å². The number of hydrogen-bond acceptors (Lipinski definition) is 5. The van der Waals surface area contributed by atoms with Crippen molar-refractivity contribution >= 4 is 12.1 Å².